The fourth-order valence-corrected chi connectivity index (χ4v) is 7.09. The van der Waals surface area contributed by atoms with Crippen LogP contribution in [0.25, 0.3) is 33.2 Å². The van der Waals surface area contributed by atoms with Crippen molar-refractivity contribution in [3.8, 4) is 23.1 Å². The summed E-state index contributed by atoms with van der Waals surface area (Å²) in [5.41, 5.74) is 1.31. The molecule has 2 aromatic heterocycles. The van der Waals surface area contributed by atoms with Gasteiger partial charge in [-0.3, -0.25) is 4.90 Å². The predicted octanol–water partition coefficient (Wildman–Crippen LogP) is 4.03. The molecule has 0 amide bonds. The number of nitrogens with zero attached hydrogens (tertiary/aromatic N) is 6. The summed E-state index contributed by atoms with van der Waals surface area (Å²) < 4.78 is 11.9. The third-order valence-electron chi connectivity index (χ3n) is 9.21. The third-order valence-corrected chi connectivity index (χ3v) is 9.52. The average Bonchev–Trinajstić information content (AvgIpc) is 3.69. The third kappa shape index (κ3) is 5.00. The molecule has 10 nitrogen and oxygen atoms in total. The Kier molecular flexibility index (Phi) is 6.55. The number of morpholine rings is 1. The summed E-state index contributed by atoms with van der Waals surface area (Å²) >= 11 is 6.62. The first kappa shape index (κ1) is 26.3. The minimum atomic E-state index is 0.127. The molecule has 4 fully saturated rings. The number of nitrogens with one attached hydrogen (secondary N) is 1. The Morgan fingerprint density at radius 3 is 2.67 bits per heavy atom. The lowest BCUT2D eigenvalue weighted by Gasteiger charge is -2.34. The molecule has 5 heterocycles. The lowest BCUT2D eigenvalue weighted by Crippen LogP contribution is -2.51. The number of hydrogen-bond acceptors (Lipinski definition) is 10. The van der Waals surface area contributed by atoms with Gasteiger partial charge in [0.2, 0.25) is 0 Å². The first-order chi connectivity index (χ1) is 20.5. The lowest BCUT2D eigenvalue weighted by atomic mass is 10.0. The first-order valence-electron chi connectivity index (χ1n) is 14.9. The fraction of sp³-hybridized carbons (Fsp3) is 0.484. The van der Waals surface area contributed by atoms with Crippen LogP contribution < -0.4 is 15.0 Å². The minimum Gasteiger partial charge on any atom is -0.508 e. The number of aromatic hydroxyl groups is 1. The van der Waals surface area contributed by atoms with Crippen molar-refractivity contribution in [2.45, 2.75) is 37.8 Å². The van der Waals surface area contributed by atoms with Gasteiger partial charge >= 0.3 is 6.01 Å². The summed E-state index contributed by atoms with van der Waals surface area (Å²) in [4.78, 5) is 24.3. The van der Waals surface area contributed by atoms with Gasteiger partial charge in [0.15, 0.2) is 11.5 Å². The van der Waals surface area contributed by atoms with Crippen molar-refractivity contribution in [2.75, 3.05) is 57.4 Å². The van der Waals surface area contributed by atoms with Crippen LogP contribution in [-0.2, 0) is 4.74 Å². The highest BCUT2D eigenvalue weighted by Gasteiger charge is 2.45. The molecule has 2 N–H and O–H groups in total. The van der Waals surface area contributed by atoms with Crippen molar-refractivity contribution >= 4 is 39.2 Å². The Morgan fingerprint density at radius 2 is 1.88 bits per heavy atom. The maximum Gasteiger partial charge on any atom is 0.320 e. The highest BCUT2D eigenvalue weighted by Crippen LogP contribution is 2.46. The molecule has 4 aliphatic rings. The molecule has 2 aromatic carbocycles. The summed E-state index contributed by atoms with van der Waals surface area (Å²) in [5.74, 6) is 1.39. The molecule has 3 saturated heterocycles. The normalized spacial score (nSPS) is 23.5. The zero-order chi connectivity index (χ0) is 28.3. The monoisotopic (exact) mass is 587 g/mol. The van der Waals surface area contributed by atoms with Gasteiger partial charge in [-0.05, 0) is 49.3 Å². The van der Waals surface area contributed by atoms with Crippen LogP contribution in [0.15, 0.2) is 36.5 Å². The van der Waals surface area contributed by atoms with Gasteiger partial charge in [-0.2, -0.15) is 9.97 Å². The number of anilines is 1. The predicted molar refractivity (Wildman–Crippen MR) is 161 cm³/mol. The zero-order valence-corrected chi connectivity index (χ0v) is 24.2. The largest absolute Gasteiger partial charge is 0.508 e. The number of benzene rings is 2. The van der Waals surface area contributed by atoms with Gasteiger partial charge in [0.1, 0.15) is 11.6 Å². The Labute approximate surface area is 249 Å². The van der Waals surface area contributed by atoms with E-state index >= 15 is 0 Å². The molecule has 2 unspecified atom stereocenters. The van der Waals surface area contributed by atoms with Gasteiger partial charge in [0.25, 0.3) is 0 Å². The molecule has 2 bridgehead atoms. The van der Waals surface area contributed by atoms with Crippen LogP contribution in [0.4, 0.5) is 5.82 Å². The number of phenolic OH excluding ortho intramolecular Hbond substituents is 1. The smallest absolute Gasteiger partial charge is 0.320 e. The summed E-state index contributed by atoms with van der Waals surface area (Å²) in [6, 6.07) is 10.2. The van der Waals surface area contributed by atoms with Crippen LogP contribution in [0.5, 0.6) is 11.8 Å². The molecular weight excluding hydrogens is 554 g/mol. The molecule has 0 spiro atoms. The van der Waals surface area contributed by atoms with Crippen LogP contribution >= 0.6 is 11.6 Å². The maximum absolute atomic E-state index is 10.5. The number of piperazine rings is 1. The van der Waals surface area contributed by atoms with Gasteiger partial charge in [-0.15, -0.1) is 0 Å². The lowest BCUT2D eigenvalue weighted by molar-refractivity contribution is 0.0231. The molecule has 218 valence electrons. The highest BCUT2D eigenvalue weighted by molar-refractivity contribution is 6.36. The summed E-state index contributed by atoms with van der Waals surface area (Å²) in [6.07, 6.45) is 6.43. The number of hydrogen-bond donors (Lipinski definition) is 2. The molecule has 2 atom stereocenters. The Hall–Kier alpha value is -3.31. The van der Waals surface area contributed by atoms with Gasteiger partial charge in [-0.25, -0.2) is 9.97 Å². The van der Waals surface area contributed by atoms with Gasteiger partial charge in [0.05, 0.1) is 25.2 Å². The van der Waals surface area contributed by atoms with Crippen molar-refractivity contribution in [3.63, 3.8) is 0 Å². The van der Waals surface area contributed by atoms with E-state index in [4.69, 9.17) is 41.0 Å². The molecule has 1 aliphatic carbocycles. The van der Waals surface area contributed by atoms with E-state index in [9.17, 15) is 5.11 Å². The van der Waals surface area contributed by atoms with Crippen molar-refractivity contribution in [2.24, 2.45) is 5.41 Å². The van der Waals surface area contributed by atoms with E-state index in [2.05, 4.69) is 15.1 Å². The van der Waals surface area contributed by atoms with E-state index in [1.807, 2.05) is 18.2 Å². The summed E-state index contributed by atoms with van der Waals surface area (Å²) in [5, 5.41) is 17.2. The second kappa shape index (κ2) is 10.4. The Morgan fingerprint density at radius 1 is 1.07 bits per heavy atom. The van der Waals surface area contributed by atoms with Gasteiger partial charge in [-0.1, -0.05) is 23.7 Å². The summed E-state index contributed by atoms with van der Waals surface area (Å²) in [6.45, 7) is 6.86. The number of aromatic nitrogens is 4. The van der Waals surface area contributed by atoms with Crippen LogP contribution in [-0.4, -0.2) is 94.6 Å². The SMILES string of the molecule is Oc1cc(-c2ncc3c(N4CC5CCC(C4)N5)nc(OCC4(CN5CCOCC5)CC4)nc3n2)c2c(Cl)cccc2c1. The molecule has 11 heteroatoms. The second-order valence-corrected chi connectivity index (χ2v) is 12.7. The maximum atomic E-state index is 10.5. The van der Waals surface area contributed by atoms with Crippen LogP contribution in [0.1, 0.15) is 25.7 Å². The molecule has 3 aliphatic heterocycles. The van der Waals surface area contributed by atoms with Gasteiger partial charge < -0.3 is 24.8 Å². The van der Waals surface area contributed by atoms with E-state index in [1.54, 1.807) is 18.3 Å². The Bertz CT molecular complexity index is 1650. The van der Waals surface area contributed by atoms with E-state index < -0.39 is 0 Å². The summed E-state index contributed by atoms with van der Waals surface area (Å²) in [7, 11) is 0. The Balaban J connectivity index is 1.17. The molecule has 1 saturated carbocycles. The quantitative estimate of drug-likeness (QED) is 0.329. The molecule has 8 rings (SSSR count). The molecule has 0 radical (unpaired) electrons. The van der Waals surface area contributed by atoms with Crippen molar-refractivity contribution in [1.82, 2.24) is 30.2 Å². The van der Waals surface area contributed by atoms with Crippen molar-refractivity contribution < 1.29 is 14.6 Å². The zero-order valence-electron chi connectivity index (χ0n) is 23.4. The van der Waals surface area contributed by atoms with Gasteiger partial charge in [0, 0.05) is 72.4 Å². The topological polar surface area (TPSA) is 109 Å². The molecule has 4 aromatic rings. The number of rotatable bonds is 7. The second-order valence-electron chi connectivity index (χ2n) is 12.3. The number of ether oxygens (including phenoxy) is 2. The molecular formula is C31H34ClN7O3. The number of phenols is 1. The first-order valence-corrected chi connectivity index (χ1v) is 15.3. The van der Waals surface area contributed by atoms with E-state index in [0.717, 1.165) is 80.8 Å². The van der Waals surface area contributed by atoms with Crippen molar-refractivity contribution in [1.29, 1.82) is 0 Å². The highest BCUT2D eigenvalue weighted by atomic mass is 35.5. The molecule has 42 heavy (non-hydrogen) atoms. The standard InChI is InChI=1S/C31H34ClN7O3/c32-25-3-1-2-19-12-22(40)13-23(26(19)25)27-33-14-24-28(35-27)36-30(37-29(24)39-15-20-4-5-21(16-39)34-20)42-18-31(6-7-31)17-38-8-10-41-11-9-38/h1-3,12-14,20-21,34,40H,4-11,15-18H2. The van der Waals surface area contributed by atoms with E-state index in [-0.39, 0.29) is 11.2 Å². The van der Waals surface area contributed by atoms with Crippen LogP contribution in [0, 0.1) is 5.41 Å². The van der Waals surface area contributed by atoms with E-state index in [1.165, 1.54) is 12.8 Å². The average molecular weight is 588 g/mol. The minimum absolute atomic E-state index is 0.127. The van der Waals surface area contributed by atoms with Crippen LogP contribution in [0.2, 0.25) is 5.02 Å². The number of halogens is 1. The van der Waals surface area contributed by atoms with E-state index in [0.29, 0.717) is 46.8 Å². The van der Waals surface area contributed by atoms with Crippen LogP contribution in [0.3, 0.4) is 0 Å². The fourth-order valence-electron chi connectivity index (χ4n) is 6.81. The number of fused-ring (bicyclic) bond motifs is 4. The van der Waals surface area contributed by atoms with Crippen molar-refractivity contribution in [3.05, 3.63) is 41.6 Å².